The smallest absolute Gasteiger partial charge is 0.253 e. The first-order chi connectivity index (χ1) is 4.27. The zero-order valence-electron chi connectivity index (χ0n) is 5.30. The number of hydrogen-bond acceptors (Lipinski definition) is 2. The monoisotopic (exact) mass is 143 g/mol. The molecule has 0 saturated carbocycles. The highest BCUT2D eigenvalue weighted by atomic mass is 32.1. The summed E-state index contributed by atoms with van der Waals surface area (Å²) in [4.78, 5) is 0. The van der Waals surface area contributed by atoms with Gasteiger partial charge in [0.2, 0.25) is 0 Å². The van der Waals surface area contributed by atoms with Crippen LogP contribution in [0.1, 0.15) is 12.8 Å². The van der Waals surface area contributed by atoms with Crippen LogP contribution >= 0.6 is 12.2 Å². The Morgan fingerprint density at radius 2 is 2.22 bits per heavy atom. The standard InChI is InChI=1S/C5H10BNOS/c6-3-1-2-4-8-5(7)9/h1-4H2,(H2,7,9). The van der Waals surface area contributed by atoms with E-state index in [1.165, 1.54) is 0 Å². The van der Waals surface area contributed by atoms with E-state index in [1.54, 1.807) is 0 Å². The maximum atomic E-state index is 5.23. The lowest BCUT2D eigenvalue weighted by Gasteiger charge is -2.00. The predicted octanol–water partition coefficient (Wildman–Crippen LogP) is 0.614. The minimum atomic E-state index is 0.118. The summed E-state index contributed by atoms with van der Waals surface area (Å²) in [5.74, 6) is 0. The highest BCUT2D eigenvalue weighted by Gasteiger charge is 1.87. The third-order valence-electron chi connectivity index (χ3n) is 0.843. The molecule has 9 heavy (non-hydrogen) atoms. The second-order valence-corrected chi connectivity index (χ2v) is 2.07. The largest absolute Gasteiger partial charge is 0.471 e. The van der Waals surface area contributed by atoms with Crippen LogP contribution in [0.3, 0.4) is 0 Å². The van der Waals surface area contributed by atoms with Crippen LogP contribution in [-0.4, -0.2) is 19.6 Å². The lowest BCUT2D eigenvalue weighted by molar-refractivity contribution is 0.300. The molecule has 0 aromatic heterocycles. The Morgan fingerprint density at radius 3 is 2.67 bits per heavy atom. The third-order valence-corrected chi connectivity index (χ3v) is 0.961. The summed E-state index contributed by atoms with van der Waals surface area (Å²) in [6.45, 7) is 0.590. The molecule has 0 aliphatic rings. The van der Waals surface area contributed by atoms with Gasteiger partial charge in [0.1, 0.15) is 0 Å². The van der Waals surface area contributed by atoms with Crippen molar-refractivity contribution >= 4 is 25.2 Å². The molecular weight excluding hydrogens is 133 g/mol. The molecule has 0 aromatic rings. The van der Waals surface area contributed by atoms with Gasteiger partial charge in [-0.15, -0.1) is 0 Å². The lowest BCUT2D eigenvalue weighted by Crippen LogP contribution is -2.13. The van der Waals surface area contributed by atoms with Gasteiger partial charge in [0.25, 0.3) is 5.17 Å². The van der Waals surface area contributed by atoms with Crippen molar-refractivity contribution in [2.24, 2.45) is 5.73 Å². The van der Waals surface area contributed by atoms with Crippen molar-refractivity contribution in [1.29, 1.82) is 0 Å². The van der Waals surface area contributed by atoms with Gasteiger partial charge >= 0.3 is 0 Å². The van der Waals surface area contributed by atoms with E-state index in [0.717, 1.165) is 12.8 Å². The fourth-order valence-corrected chi connectivity index (χ4v) is 0.502. The molecule has 0 atom stereocenters. The lowest BCUT2D eigenvalue weighted by atomic mass is 10.0. The molecule has 0 aliphatic heterocycles. The molecule has 0 heterocycles. The van der Waals surface area contributed by atoms with Gasteiger partial charge in [-0.05, 0) is 18.6 Å². The average Bonchev–Trinajstić information content (AvgIpc) is 1.80. The number of ether oxygens (including phenoxy) is 1. The molecule has 0 aliphatic carbocycles. The summed E-state index contributed by atoms with van der Waals surface area (Å²) in [6.07, 6.45) is 2.58. The first kappa shape index (κ1) is 8.75. The molecule has 0 aromatic carbocycles. The predicted molar refractivity (Wildman–Crippen MR) is 42.5 cm³/mol. The molecule has 0 spiro atoms. The van der Waals surface area contributed by atoms with Crippen LogP contribution in [0.2, 0.25) is 6.32 Å². The van der Waals surface area contributed by atoms with Crippen LogP contribution in [-0.2, 0) is 4.74 Å². The Bertz CT molecular complexity index is 89.0. The normalized spacial score (nSPS) is 8.89. The maximum absolute atomic E-state index is 5.23. The van der Waals surface area contributed by atoms with Gasteiger partial charge in [-0.3, -0.25) is 0 Å². The minimum absolute atomic E-state index is 0.118. The molecule has 2 N–H and O–H groups in total. The molecule has 0 fully saturated rings. The molecule has 0 bridgehead atoms. The SMILES string of the molecule is [B]CCCCOC(N)=S. The quantitative estimate of drug-likeness (QED) is 0.355. The van der Waals surface area contributed by atoms with Crippen LogP contribution in [0, 0.1) is 0 Å². The molecule has 2 radical (unpaired) electrons. The van der Waals surface area contributed by atoms with Crippen LogP contribution in [0.5, 0.6) is 0 Å². The van der Waals surface area contributed by atoms with E-state index in [9.17, 15) is 0 Å². The first-order valence-corrected chi connectivity index (χ1v) is 3.30. The van der Waals surface area contributed by atoms with Gasteiger partial charge in [-0.1, -0.05) is 12.7 Å². The van der Waals surface area contributed by atoms with Gasteiger partial charge in [0.15, 0.2) is 0 Å². The van der Waals surface area contributed by atoms with Crippen molar-refractivity contribution in [3.8, 4) is 0 Å². The van der Waals surface area contributed by atoms with E-state index in [2.05, 4.69) is 12.2 Å². The van der Waals surface area contributed by atoms with Crippen molar-refractivity contribution in [2.45, 2.75) is 19.2 Å². The number of unbranched alkanes of at least 4 members (excludes halogenated alkanes) is 1. The van der Waals surface area contributed by atoms with Crippen molar-refractivity contribution in [2.75, 3.05) is 6.61 Å². The van der Waals surface area contributed by atoms with E-state index in [-0.39, 0.29) is 5.17 Å². The Balaban J connectivity index is 2.83. The van der Waals surface area contributed by atoms with Crippen LogP contribution in [0.25, 0.3) is 0 Å². The van der Waals surface area contributed by atoms with E-state index >= 15 is 0 Å². The van der Waals surface area contributed by atoms with E-state index in [0.29, 0.717) is 12.9 Å². The second kappa shape index (κ2) is 5.88. The summed E-state index contributed by atoms with van der Waals surface area (Å²) >= 11 is 4.47. The Morgan fingerprint density at radius 1 is 1.56 bits per heavy atom. The highest BCUT2D eigenvalue weighted by Crippen LogP contribution is 1.92. The molecule has 50 valence electrons. The maximum Gasteiger partial charge on any atom is 0.253 e. The van der Waals surface area contributed by atoms with Crippen LogP contribution in [0.15, 0.2) is 0 Å². The number of rotatable bonds is 4. The molecule has 4 heteroatoms. The molecule has 0 unspecified atom stereocenters. The Hall–Kier alpha value is -0.245. The average molecular weight is 143 g/mol. The zero-order chi connectivity index (χ0) is 7.11. The molecule has 2 nitrogen and oxygen atoms in total. The summed E-state index contributed by atoms with van der Waals surface area (Å²) in [5.41, 5.74) is 5.05. The van der Waals surface area contributed by atoms with Gasteiger partial charge < -0.3 is 10.5 Å². The summed E-state index contributed by atoms with van der Waals surface area (Å²) in [6, 6.07) is 0. The van der Waals surface area contributed by atoms with Gasteiger partial charge in [-0.2, -0.15) is 0 Å². The van der Waals surface area contributed by atoms with Gasteiger partial charge in [0.05, 0.1) is 14.5 Å². The number of nitrogens with two attached hydrogens (primary N) is 1. The topological polar surface area (TPSA) is 35.2 Å². The molecule has 0 amide bonds. The van der Waals surface area contributed by atoms with Gasteiger partial charge in [0, 0.05) is 0 Å². The van der Waals surface area contributed by atoms with Crippen LogP contribution in [0.4, 0.5) is 0 Å². The van der Waals surface area contributed by atoms with E-state index in [4.69, 9.17) is 18.3 Å². The highest BCUT2D eigenvalue weighted by molar-refractivity contribution is 7.80. The van der Waals surface area contributed by atoms with Gasteiger partial charge in [-0.25, -0.2) is 0 Å². The molecular formula is C5H10BNOS. The number of hydrogen-bond donors (Lipinski definition) is 1. The van der Waals surface area contributed by atoms with E-state index < -0.39 is 0 Å². The Kier molecular flexibility index (Phi) is 5.72. The second-order valence-electron chi connectivity index (χ2n) is 1.66. The first-order valence-electron chi connectivity index (χ1n) is 2.89. The van der Waals surface area contributed by atoms with Crippen molar-refractivity contribution in [3.63, 3.8) is 0 Å². The van der Waals surface area contributed by atoms with Crippen molar-refractivity contribution in [1.82, 2.24) is 0 Å². The fraction of sp³-hybridized carbons (Fsp3) is 0.800. The summed E-state index contributed by atoms with van der Waals surface area (Å²) < 4.78 is 4.80. The molecule has 0 rings (SSSR count). The molecule has 0 saturated heterocycles. The summed E-state index contributed by atoms with van der Waals surface area (Å²) in [7, 11) is 5.23. The van der Waals surface area contributed by atoms with Crippen molar-refractivity contribution in [3.05, 3.63) is 0 Å². The number of thiocarbonyl (C=S) groups is 1. The minimum Gasteiger partial charge on any atom is -0.471 e. The zero-order valence-corrected chi connectivity index (χ0v) is 6.12. The fourth-order valence-electron chi connectivity index (χ4n) is 0.419. The van der Waals surface area contributed by atoms with Crippen LogP contribution < -0.4 is 5.73 Å². The summed E-state index contributed by atoms with van der Waals surface area (Å²) in [5, 5.41) is 0.118. The van der Waals surface area contributed by atoms with Crippen molar-refractivity contribution < 1.29 is 4.74 Å². The van der Waals surface area contributed by atoms with E-state index in [1.807, 2.05) is 0 Å². The Labute approximate surface area is 62.2 Å². The third kappa shape index (κ3) is 7.75.